The van der Waals surface area contributed by atoms with Crippen LogP contribution in [0.25, 0.3) is 0 Å². The van der Waals surface area contributed by atoms with E-state index in [2.05, 4.69) is 10.3 Å². The number of aliphatic imine (C=N–C) groups is 1. The molecule has 1 aliphatic rings. The predicted octanol–water partition coefficient (Wildman–Crippen LogP) is -1.17. The summed E-state index contributed by atoms with van der Waals surface area (Å²) in [5.74, 6) is 0. The number of aliphatic hydroxyl groups excluding tert-OH is 1. The number of amides is 2. The van der Waals surface area contributed by atoms with Crippen LogP contribution in [-0.4, -0.2) is 28.9 Å². The van der Waals surface area contributed by atoms with E-state index in [1.807, 2.05) is 0 Å². The van der Waals surface area contributed by atoms with E-state index in [0.29, 0.717) is 0 Å². The number of rotatable bonds is 0. The van der Waals surface area contributed by atoms with Gasteiger partial charge in [0.2, 0.25) is 0 Å². The minimum Gasteiger partial charge on any atom is -0.412 e. The summed E-state index contributed by atoms with van der Waals surface area (Å²) >= 11 is 0. The number of carbonyl (C=O) groups excluding carboxylic acids is 1. The largest absolute Gasteiger partial charge is 0.412 e. The molecule has 10 heavy (non-hydrogen) atoms. The quantitative estimate of drug-likeness (QED) is 0.448. The predicted molar refractivity (Wildman–Crippen MR) is 35.8 cm³/mol. The summed E-state index contributed by atoms with van der Waals surface area (Å²) < 4.78 is 0. The number of hydrogen-bond donors (Lipinski definition) is 2. The number of aliphatic hydroxyl groups is 1. The maximum absolute atomic E-state index is 10.4. The molecule has 5 nitrogen and oxygen atoms in total. The zero-order chi connectivity index (χ0) is 6.69. The molecule has 5 heteroatoms. The van der Waals surface area contributed by atoms with Crippen molar-refractivity contribution in [1.82, 2.24) is 5.32 Å². The van der Waals surface area contributed by atoms with E-state index in [4.69, 9.17) is 5.11 Å². The van der Waals surface area contributed by atoms with Gasteiger partial charge < -0.3 is 15.9 Å². The summed E-state index contributed by atoms with van der Waals surface area (Å²) in [7, 11) is 0. The molecule has 0 spiro atoms. The molecule has 0 aliphatic carbocycles. The molecule has 1 atom stereocenters. The van der Waals surface area contributed by atoms with Gasteiger partial charge in [0.05, 0.1) is 0 Å². The molecule has 0 saturated heterocycles. The molecule has 0 radical (unpaired) electrons. The van der Waals surface area contributed by atoms with Gasteiger partial charge in [-0.3, -0.25) is 0 Å². The molecule has 1 unspecified atom stereocenters. The summed E-state index contributed by atoms with van der Waals surface area (Å²) in [6.45, 7) is 0. The van der Waals surface area contributed by atoms with E-state index in [1.165, 1.54) is 18.5 Å². The second-order valence-electron chi connectivity index (χ2n) is 1.58. The Labute approximate surface area is 57.4 Å². The summed E-state index contributed by atoms with van der Waals surface area (Å²) in [4.78, 5) is 13.7. The van der Waals surface area contributed by atoms with Crippen LogP contribution in [0.4, 0.5) is 4.79 Å². The van der Waals surface area contributed by atoms with E-state index in [9.17, 15) is 4.79 Å². The second kappa shape index (κ2) is 3.76. The first-order valence-corrected chi connectivity index (χ1v) is 2.48. The topological polar surface area (TPSA) is 93.2 Å². The number of nitrogens with zero attached hydrogens (tertiary/aromatic N) is 1. The van der Waals surface area contributed by atoms with Crippen molar-refractivity contribution in [2.75, 3.05) is 0 Å². The Morgan fingerprint density at radius 3 is 3.10 bits per heavy atom. The van der Waals surface area contributed by atoms with Gasteiger partial charge in [0.25, 0.3) is 0 Å². The highest BCUT2D eigenvalue weighted by Crippen LogP contribution is 1.86. The van der Waals surface area contributed by atoms with Crippen molar-refractivity contribution in [2.24, 2.45) is 4.99 Å². The Hall–Kier alpha value is -1.20. The number of hydrogen-bond acceptors (Lipinski definition) is 2. The molecule has 0 saturated carbocycles. The summed E-state index contributed by atoms with van der Waals surface area (Å²) in [5.41, 5.74) is 0. The zero-order valence-corrected chi connectivity index (χ0v) is 5.11. The van der Waals surface area contributed by atoms with Crippen LogP contribution in [0.15, 0.2) is 17.3 Å². The van der Waals surface area contributed by atoms with Gasteiger partial charge in [-0.2, -0.15) is 0 Å². The zero-order valence-electron chi connectivity index (χ0n) is 5.11. The minimum atomic E-state index is -0.746. The van der Waals surface area contributed by atoms with E-state index >= 15 is 0 Å². The molecule has 0 fully saturated rings. The van der Waals surface area contributed by atoms with Crippen molar-refractivity contribution in [1.29, 1.82) is 0 Å². The Kier molecular flexibility index (Phi) is 3.30. The molecule has 56 valence electrons. The normalized spacial score (nSPS) is 22.9. The maximum Gasteiger partial charge on any atom is 0.344 e. The number of nitrogens with one attached hydrogen (secondary N) is 1. The average molecular weight is 144 g/mol. The smallest absolute Gasteiger partial charge is 0.344 e. The first-order valence-electron chi connectivity index (χ1n) is 2.48. The minimum absolute atomic E-state index is 0. The Balaban J connectivity index is 0.000000810. The van der Waals surface area contributed by atoms with Crippen molar-refractivity contribution in [3.63, 3.8) is 0 Å². The Morgan fingerprint density at radius 2 is 2.40 bits per heavy atom. The van der Waals surface area contributed by atoms with Gasteiger partial charge in [-0.15, -0.1) is 0 Å². The first-order chi connectivity index (χ1) is 4.29. The molecule has 0 aromatic heterocycles. The van der Waals surface area contributed by atoms with Crippen molar-refractivity contribution in [2.45, 2.75) is 6.10 Å². The fourth-order valence-corrected chi connectivity index (χ4v) is 0.449. The molecule has 0 aromatic rings. The first kappa shape index (κ1) is 8.80. The molecule has 0 bridgehead atoms. The third-order valence-corrected chi connectivity index (χ3v) is 0.845. The molecular weight excluding hydrogens is 136 g/mol. The Bertz CT molecular complexity index is 176. The van der Waals surface area contributed by atoms with Gasteiger partial charge in [0, 0.05) is 12.4 Å². The fourth-order valence-electron chi connectivity index (χ4n) is 0.449. The van der Waals surface area contributed by atoms with Crippen LogP contribution in [0.2, 0.25) is 0 Å². The van der Waals surface area contributed by atoms with Gasteiger partial charge in [-0.05, 0) is 6.08 Å². The van der Waals surface area contributed by atoms with E-state index in [1.54, 1.807) is 0 Å². The highest BCUT2D eigenvalue weighted by atomic mass is 16.3. The lowest BCUT2D eigenvalue weighted by atomic mass is 10.4. The standard InChI is InChI=1S/C5H6N2O2.H2O/c8-4-1-2-6-5(9)7-3-4;/h1-4,8H,(H,6,9);1H2. The molecule has 0 aromatic carbocycles. The van der Waals surface area contributed by atoms with Crippen LogP contribution < -0.4 is 5.32 Å². The van der Waals surface area contributed by atoms with Crippen LogP contribution >= 0.6 is 0 Å². The molecule has 1 heterocycles. The molecule has 1 aliphatic heterocycles. The van der Waals surface area contributed by atoms with Gasteiger partial charge in [0.15, 0.2) is 0 Å². The lowest BCUT2D eigenvalue weighted by Gasteiger charge is -1.87. The summed E-state index contributed by atoms with van der Waals surface area (Å²) in [6, 6.07) is -0.456. The number of carbonyl (C=O) groups is 1. The molecule has 4 N–H and O–H groups in total. The van der Waals surface area contributed by atoms with Crippen molar-refractivity contribution >= 4 is 12.2 Å². The molecule has 2 amide bonds. The van der Waals surface area contributed by atoms with E-state index < -0.39 is 12.1 Å². The second-order valence-corrected chi connectivity index (χ2v) is 1.58. The van der Waals surface area contributed by atoms with Gasteiger partial charge in [-0.25, -0.2) is 9.79 Å². The maximum atomic E-state index is 10.4. The van der Waals surface area contributed by atoms with Crippen LogP contribution in [0.5, 0.6) is 0 Å². The van der Waals surface area contributed by atoms with Crippen LogP contribution in [0.1, 0.15) is 0 Å². The fraction of sp³-hybridized carbons (Fsp3) is 0.200. The van der Waals surface area contributed by atoms with Crippen LogP contribution in [-0.2, 0) is 0 Å². The Morgan fingerprint density at radius 1 is 1.70 bits per heavy atom. The highest BCUT2D eigenvalue weighted by Gasteiger charge is 1.99. The van der Waals surface area contributed by atoms with E-state index in [0.717, 1.165) is 0 Å². The van der Waals surface area contributed by atoms with Crippen molar-refractivity contribution in [3.05, 3.63) is 12.3 Å². The SMILES string of the molecule is O.O=C1N=CC(O)C=CN1. The lowest BCUT2D eigenvalue weighted by Crippen LogP contribution is -2.09. The molecule has 1 rings (SSSR count). The summed E-state index contributed by atoms with van der Waals surface area (Å²) in [6.07, 6.45) is 3.21. The van der Waals surface area contributed by atoms with Crippen LogP contribution in [0, 0.1) is 0 Å². The monoisotopic (exact) mass is 144 g/mol. The number of urea groups is 1. The average Bonchev–Trinajstić information content (AvgIpc) is 1.97. The third-order valence-electron chi connectivity index (χ3n) is 0.845. The van der Waals surface area contributed by atoms with Crippen molar-refractivity contribution < 1.29 is 15.4 Å². The van der Waals surface area contributed by atoms with Gasteiger partial charge in [-0.1, -0.05) is 0 Å². The lowest BCUT2D eigenvalue weighted by molar-refractivity contribution is 0.252. The van der Waals surface area contributed by atoms with Gasteiger partial charge in [0.1, 0.15) is 6.10 Å². The van der Waals surface area contributed by atoms with Gasteiger partial charge >= 0.3 is 6.03 Å². The molecular formula is C5H8N2O3. The van der Waals surface area contributed by atoms with E-state index in [-0.39, 0.29) is 5.48 Å². The summed E-state index contributed by atoms with van der Waals surface area (Å²) in [5, 5.41) is 11.1. The third kappa shape index (κ3) is 2.38. The van der Waals surface area contributed by atoms with Crippen LogP contribution in [0.3, 0.4) is 0 Å². The highest BCUT2D eigenvalue weighted by molar-refractivity contribution is 5.87. The van der Waals surface area contributed by atoms with Crippen molar-refractivity contribution in [3.8, 4) is 0 Å².